The van der Waals surface area contributed by atoms with E-state index in [0.29, 0.717) is 19.6 Å². The van der Waals surface area contributed by atoms with Crippen molar-refractivity contribution in [3.05, 3.63) is 35.9 Å². The van der Waals surface area contributed by atoms with Gasteiger partial charge in [0.15, 0.2) is 0 Å². The molecule has 1 rings (SSSR count). The normalized spacial score (nSPS) is 14.7. The average Bonchev–Trinajstić information content (AvgIpc) is 2.78. The van der Waals surface area contributed by atoms with Crippen LogP contribution in [0.2, 0.25) is 0 Å². The maximum absolute atomic E-state index is 12.8. The Morgan fingerprint density at radius 1 is 1.06 bits per heavy atom. The Balaban J connectivity index is 2.86. The number of benzene rings is 1. The molecular formula is C29H50N2O5. The van der Waals surface area contributed by atoms with Crippen LogP contribution in [0.3, 0.4) is 0 Å². The SMILES string of the molecule is CCCCC(C)(C)C(=O)NCC(O)C(CC(COCc1ccccc1)C(C)C)NC(=O)OC(C)(C)C. The first-order valence-electron chi connectivity index (χ1n) is 13.3. The topological polar surface area (TPSA) is 96.9 Å². The second-order valence-corrected chi connectivity index (χ2v) is 11.8. The summed E-state index contributed by atoms with van der Waals surface area (Å²) in [6.07, 6.45) is 1.68. The minimum absolute atomic E-state index is 0.0462. The molecule has 7 nitrogen and oxygen atoms in total. The number of carbonyl (C=O) groups excluding carboxylic acids is 2. The maximum Gasteiger partial charge on any atom is 0.407 e. The van der Waals surface area contributed by atoms with E-state index in [0.717, 1.165) is 24.8 Å². The van der Waals surface area contributed by atoms with Gasteiger partial charge in [-0.1, -0.05) is 77.8 Å². The molecule has 3 N–H and O–H groups in total. The Morgan fingerprint density at radius 2 is 1.69 bits per heavy atom. The molecular weight excluding hydrogens is 456 g/mol. The lowest BCUT2D eigenvalue weighted by atomic mass is 9.86. The van der Waals surface area contributed by atoms with Gasteiger partial charge in [0, 0.05) is 12.0 Å². The van der Waals surface area contributed by atoms with E-state index in [1.54, 1.807) is 20.8 Å². The maximum atomic E-state index is 12.8. The molecule has 206 valence electrons. The van der Waals surface area contributed by atoms with Crippen LogP contribution in [0.25, 0.3) is 0 Å². The summed E-state index contributed by atoms with van der Waals surface area (Å²) >= 11 is 0. The van der Waals surface area contributed by atoms with Crippen molar-refractivity contribution in [2.75, 3.05) is 13.2 Å². The number of nitrogens with one attached hydrogen (secondary N) is 2. The Hall–Kier alpha value is -2.12. The summed E-state index contributed by atoms with van der Waals surface area (Å²) in [7, 11) is 0. The third kappa shape index (κ3) is 12.7. The first kappa shape index (κ1) is 31.9. The molecule has 0 heterocycles. The van der Waals surface area contributed by atoms with Crippen molar-refractivity contribution >= 4 is 12.0 Å². The summed E-state index contributed by atoms with van der Waals surface area (Å²) in [6.45, 7) is 16.6. The summed E-state index contributed by atoms with van der Waals surface area (Å²) < 4.78 is 11.4. The summed E-state index contributed by atoms with van der Waals surface area (Å²) in [5, 5.41) is 16.8. The molecule has 0 aromatic heterocycles. The molecule has 0 aliphatic heterocycles. The van der Waals surface area contributed by atoms with Gasteiger partial charge < -0.3 is 25.2 Å². The van der Waals surface area contributed by atoms with Crippen molar-refractivity contribution in [1.29, 1.82) is 0 Å². The summed E-state index contributed by atoms with van der Waals surface area (Å²) in [5.74, 6) is 0.246. The number of aliphatic hydroxyl groups excluding tert-OH is 1. The fourth-order valence-electron chi connectivity index (χ4n) is 3.84. The Morgan fingerprint density at radius 3 is 2.25 bits per heavy atom. The van der Waals surface area contributed by atoms with E-state index in [-0.39, 0.29) is 24.3 Å². The van der Waals surface area contributed by atoms with Gasteiger partial charge in [-0.15, -0.1) is 0 Å². The zero-order valence-corrected chi connectivity index (χ0v) is 23.7. The first-order valence-corrected chi connectivity index (χ1v) is 13.3. The smallest absolute Gasteiger partial charge is 0.407 e. The molecule has 0 spiro atoms. The molecule has 2 amide bonds. The quantitative estimate of drug-likeness (QED) is 0.294. The van der Waals surface area contributed by atoms with Gasteiger partial charge in [-0.2, -0.15) is 0 Å². The minimum atomic E-state index is -0.973. The zero-order valence-electron chi connectivity index (χ0n) is 23.7. The largest absolute Gasteiger partial charge is 0.444 e. The highest BCUT2D eigenvalue weighted by atomic mass is 16.6. The van der Waals surface area contributed by atoms with Crippen LogP contribution in [-0.4, -0.2) is 48.0 Å². The van der Waals surface area contributed by atoms with E-state index in [9.17, 15) is 14.7 Å². The highest BCUT2D eigenvalue weighted by Crippen LogP contribution is 2.24. The number of alkyl carbamates (subject to hydrolysis) is 1. The number of rotatable bonds is 15. The molecule has 0 aliphatic carbocycles. The van der Waals surface area contributed by atoms with Gasteiger partial charge in [-0.05, 0) is 51.0 Å². The molecule has 7 heteroatoms. The molecule has 0 bridgehead atoms. The van der Waals surface area contributed by atoms with Gasteiger partial charge in [-0.3, -0.25) is 4.79 Å². The van der Waals surface area contributed by atoms with Crippen LogP contribution in [0, 0.1) is 17.3 Å². The Bertz CT molecular complexity index is 774. The fourth-order valence-corrected chi connectivity index (χ4v) is 3.84. The second-order valence-electron chi connectivity index (χ2n) is 11.8. The van der Waals surface area contributed by atoms with Crippen molar-refractivity contribution in [2.45, 2.75) is 105 Å². The number of carbonyl (C=O) groups is 2. The highest BCUT2D eigenvalue weighted by Gasteiger charge is 2.31. The molecule has 3 unspecified atom stereocenters. The lowest BCUT2D eigenvalue weighted by Gasteiger charge is -2.32. The van der Waals surface area contributed by atoms with Gasteiger partial charge in [0.1, 0.15) is 5.60 Å². The number of amides is 2. The molecule has 0 radical (unpaired) electrons. The van der Waals surface area contributed by atoms with E-state index < -0.39 is 29.3 Å². The highest BCUT2D eigenvalue weighted by molar-refractivity contribution is 5.81. The molecule has 0 saturated heterocycles. The van der Waals surface area contributed by atoms with Crippen LogP contribution in [0.4, 0.5) is 4.79 Å². The average molecular weight is 507 g/mol. The minimum Gasteiger partial charge on any atom is -0.444 e. The number of ether oxygens (including phenoxy) is 2. The van der Waals surface area contributed by atoms with E-state index in [1.807, 2.05) is 44.2 Å². The van der Waals surface area contributed by atoms with Crippen molar-refractivity contribution in [3.63, 3.8) is 0 Å². The van der Waals surface area contributed by atoms with Crippen LogP contribution in [0.5, 0.6) is 0 Å². The number of hydrogen-bond donors (Lipinski definition) is 3. The monoisotopic (exact) mass is 506 g/mol. The number of unbranched alkanes of at least 4 members (excludes halogenated alkanes) is 1. The van der Waals surface area contributed by atoms with E-state index in [4.69, 9.17) is 9.47 Å². The molecule has 36 heavy (non-hydrogen) atoms. The van der Waals surface area contributed by atoms with Crippen molar-refractivity contribution < 1.29 is 24.2 Å². The summed E-state index contributed by atoms with van der Waals surface area (Å²) in [5.41, 5.74) is -0.0833. The molecule has 0 fully saturated rings. The Labute approximate surface area is 218 Å². The van der Waals surface area contributed by atoms with Crippen LogP contribution in [0.1, 0.15) is 86.6 Å². The predicted molar refractivity (Wildman–Crippen MR) is 145 cm³/mol. The van der Waals surface area contributed by atoms with E-state index >= 15 is 0 Å². The van der Waals surface area contributed by atoms with Gasteiger partial charge >= 0.3 is 6.09 Å². The third-order valence-corrected chi connectivity index (χ3v) is 6.35. The lowest BCUT2D eigenvalue weighted by Crippen LogP contribution is -2.52. The molecule has 0 aliphatic rings. The lowest BCUT2D eigenvalue weighted by molar-refractivity contribution is -0.130. The summed E-state index contributed by atoms with van der Waals surface area (Å²) in [6, 6.07) is 9.36. The predicted octanol–water partition coefficient (Wildman–Crippen LogP) is 5.45. The van der Waals surface area contributed by atoms with E-state index in [2.05, 4.69) is 31.4 Å². The Kier molecular flexibility index (Phi) is 13.5. The molecule has 3 atom stereocenters. The van der Waals surface area contributed by atoms with Gasteiger partial charge in [0.2, 0.25) is 5.91 Å². The second kappa shape index (κ2) is 15.2. The van der Waals surface area contributed by atoms with Crippen LogP contribution >= 0.6 is 0 Å². The van der Waals surface area contributed by atoms with Gasteiger partial charge in [0.05, 0.1) is 25.4 Å². The third-order valence-electron chi connectivity index (χ3n) is 6.35. The van der Waals surface area contributed by atoms with Crippen molar-refractivity contribution in [3.8, 4) is 0 Å². The van der Waals surface area contributed by atoms with Crippen LogP contribution in [0.15, 0.2) is 30.3 Å². The fraction of sp³-hybridized carbons (Fsp3) is 0.724. The van der Waals surface area contributed by atoms with E-state index in [1.165, 1.54) is 0 Å². The van der Waals surface area contributed by atoms with Crippen molar-refractivity contribution in [1.82, 2.24) is 10.6 Å². The number of aliphatic hydroxyl groups is 1. The molecule has 1 aromatic rings. The molecule has 1 aromatic carbocycles. The number of hydrogen-bond acceptors (Lipinski definition) is 5. The van der Waals surface area contributed by atoms with Gasteiger partial charge in [-0.25, -0.2) is 4.79 Å². The van der Waals surface area contributed by atoms with Crippen LogP contribution in [-0.2, 0) is 20.9 Å². The van der Waals surface area contributed by atoms with Crippen LogP contribution < -0.4 is 10.6 Å². The first-order chi connectivity index (χ1) is 16.7. The standard InChI is InChI=1S/C29H50N2O5/c1-9-10-16-29(7,8)26(33)30-18-25(32)24(31-27(34)36-28(4,5)6)17-23(21(2)3)20-35-19-22-14-12-11-13-15-22/h11-15,21,23-25,32H,9-10,16-20H2,1-8H3,(H,30,33)(H,31,34). The van der Waals surface area contributed by atoms with Gasteiger partial charge in [0.25, 0.3) is 0 Å². The summed E-state index contributed by atoms with van der Waals surface area (Å²) in [4.78, 5) is 25.3. The molecule has 0 saturated carbocycles. The zero-order chi connectivity index (χ0) is 27.4. The van der Waals surface area contributed by atoms with Crippen molar-refractivity contribution in [2.24, 2.45) is 17.3 Å².